The number of amides is 1. The number of hydrogen-bond donors (Lipinski definition) is 1. The molecular weight excluding hydrogens is 235 g/mol. The zero-order valence-corrected chi connectivity index (χ0v) is 9.94. The van der Waals surface area contributed by atoms with Crippen LogP contribution in [-0.4, -0.2) is 18.1 Å². The SMILES string of the molecule is CC(Oc1cccc(F)c1C#N)C(=O)NC1CC1. The van der Waals surface area contributed by atoms with E-state index in [-0.39, 0.29) is 23.3 Å². The van der Waals surface area contributed by atoms with Gasteiger partial charge in [-0.1, -0.05) is 6.07 Å². The number of carbonyl (C=O) groups excluding carboxylic acids is 1. The molecule has 1 atom stereocenters. The Morgan fingerprint density at radius 2 is 2.33 bits per heavy atom. The molecule has 1 saturated carbocycles. The lowest BCUT2D eigenvalue weighted by atomic mass is 10.2. The summed E-state index contributed by atoms with van der Waals surface area (Å²) in [6, 6.07) is 6.07. The van der Waals surface area contributed by atoms with E-state index >= 15 is 0 Å². The molecule has 5 heteroatoms. The van der Waals surface area contributed by atoms with Crippen LogP contribution in [0, 0.1) is 17.1 Å². The smallest absolute Gasteiger partial charge is 0.260 e. The summed E-state index contributed by atoms with van der Waals surface area (Å²) in [6.07, 6.45) is 1.23. The maximum absolute atomic E-state index is 13.3. The van der Waals surface area contributed by atoms with Gasteiger partial charge in [-0.05, 0) is 31.9 Å². The first-order chi connectivity index (χ1) is 8.61. The molecule has 1 aliphatic carbocycles. The molecule has 0 aliphatic heterocycles. The quantitative estimate of drug-likeness (QED) is 0.882. The molecule has 1 unspecified atom stereocenters. The predicted octanol–water partition coefficient (Wildman–Crippen LogP) is 1.74. The van der Waals surface area contributed by atoms with Crippen LogP contribution in [-0.2, 0) is 4.79 Å². The van der Waals surface area contributed by atoms with E-state index in [1.165, 1.54) is 18.2 Å². The number of nitrogens with one attached hydrogen (secondary N) is 1. The zero-order chi connectivity index (χ0) is 13.1. The van der Waals surface area contributed by atoms with Crippen molar-refractivity contribution in [3.05, 3.63) is 29.6 Å². The highest BCUT2D eigenvalue weighted by Gasteiger charge is 2.26. The average Bonchev–Trinajstić information content (AvgIpc) is 3.13. The summed E-state index contributed by atoms with van der Waals surface area (Å²) in [7, 11) is 0. The van der Waals surface area contributed by atoms with Crippen LogP contribution >= 0.6 is 0 Å². The summed E-state index contributed by atoms with van der Waals surface area (Å²) < 4.78 is 18.7. The molecule has 0 aromatic heterocycles. The number of ether oxygens (including phenoxy) is 1. The minimum absolute atomic E-state index is 0.0935. The molecular formula is C13H13FN2O2. The van der Waals surface area contributed by atoms with Gasteiger partial charge in [0.05, 0.1) is 0 Å². The number of nitrogens with zero attached hydrogens (tertiary/aromatic N) is 1. The molecule has 0 saturated heterocycles. The molecule has 1 aliphatic rings. The Morgan fingerprint density at radius 1 is 1.61 bits per heavy atom. The van der Waals surface area contributed by atoms with E-state index in [0.29, 0.717) is 0 Å². The number of halogens is 1. The van der Waals surface area contributed by atoms with Gasteiger partial charge in [-0.2, -0.15) is 5.26 Å². The van der Waals surface area contributed by atoms with Crippen molar-refractivity contribution in [2.75, 3.05) is 0 Å². The Labute approximate surface area is 104 Å². The summed E-state index contributed by atoms with van der Waals surface area (Å²) >= 11 is 0. The van der Waals surface area contributed by atoms with Gasteiger partial charge in [-0.3, -0.25) is 4.79 Å². The number of carbonyl (C=O) groups is 1. The zero-order valence-electron chi connectivity index (χ0n) is 9.94. The van der Waals surface area contributed by atoms with Crippen LogP contribution in [0.3, 0.4) is 0 Å². The molecule has 0 heterocycles. The molecule has 0 radical (unpaired) electrons. The number of benzene rings is 1. The second-order valence-electron chi connectivity index (χ2n) is 4.27. The van der Waals surface area contributed by atoms with Crippen LogP contribution in [0.4, 0.5) is 4.39 Å². The maximum Gasteiger partial charge on any atom is 0.260 e. The van der Waals surface area contributed by atoms with E-state index in [9.17, 15) is 9.18 Å². The van der Waals surface area contributed by atoms with Crippen molar-refractivity contribution in [3.8, 4) is 11.8 Å². The van der Waals surface area contributed by atoms with Crippen molar-refractivity contribution >= 4 is 5.91 Å². The highest BCUT2D eigenvalue weighted by Crippen LogP contribution is 2.22. The van der Waals surface area contributed by atoms with Crippen molar-refractivity contribution in [1.29, 1.82) is 5.26 Å². The van der Waals surface area contributed by atoms with Gasteiger partial charge in [0.25, 0.3) is 5.91 Å². The molecule has 1 amide bonds. The minimum atomic E-state index is -0.750. The molecule has 0 bridgehead atoms. The van der Waals surface area contributed by atoms with Gasteiger partial charge >= 0.3 is 0 Å². The summed E-state index contributed by atoms with van der Waals surface area (Å²) in [5, 5.41) is 11.6. The van der Waals surface area contributed by atoms with Crippen molar-refractivity contribution in [2.24, 2.45) is 0 Å². The standard InChI is InChI=1S/C13H13FN2O2/c1-8(13(17)16-9-5-6-9)18-12-4-2-3-11(14)10(12)7-15/h2-4,8-9H,5-6H2,1H3,(H,16,17). The lowest BCUT2D eigenvalue weighted by Gasteiger charge is -2.15. The Balaban J connectivity index is 2.06. The van der Waals surface area contributed by atoms with Crippen molar-refractivity contribution in [1.82, 2.24) is 5.32 Å². The van der Waals surface area contributed by atoms with Gasteiger partial charge in [0.15, 0.2) is 6.10 Å². The monoisotopic (exact) mass is 248 g/mol. The van der Waals surface area contributed by atoms with Gasteiger partial charge in [-0.25, -0.2) is 4.39 Å². The fraction of sp³-hybridized carbons (Fsp3) is 0.385. The minimum Gasteiger partial charge on any atom is -0.479 e. The van der Waals surface area contributed by atoms with Gasteiger partial charge in [0, 0.05) is 6.04 Å². The molecule has 2 rings (SSSR count). The first-order valence-electron chi connectivity index (χ1n) is 5.77. The normalized spacial score (nSPS) is 15.6. The molecule has 0 spiro atoms. The number of hydrogen-bond acceptors (Lipinski definition) is 3. The lowest BCUT2D eigenvalue weighted by Crippen LogP contribution is -2.37. The summed E-state index contributed by atoms with van der Waals surface area (Å²) in [6.45, 7) is 1.57. The lowest BCUT2D eigenvalue weighted by molar-refractivity contribution is -0.127. The van der Waals surface area contributed by atoms with Gasteiger partial charge in [0.2, 0.25) is 0 Å². The van der Waals surface area contributed by atoms with E-state index < -0.39 is 11.9 Å². The molecule has 1 aromatic rings. The second-order valence-corrected chi connectivity index (χ2v) is 4.27. The first-order valence-corrected chi connectivity index (χ1v) is 5.77. The third-order valence-corrected chi connectivity index (χ3v) is 2.68. The molecule has 94 valence electrons. The van der Waals surface area contributed by atoms with Gasteiger partial charge in [-0.15, -0.1) is 0 Å². The van der Waals surface area contributed by atoms with Gasteiger partial charge < -0.3 is 10.1 Å². The van der Waals surface area contributed by atoms with E-state index in [2.05, 4.69) is 5.32 Å². The van der Waals surface area contributed by atoms with Crippen LogP contribution < -0.4 is 10.1 Å². The Hall–Kier alpha value is -2.09. The topological polar surface area (TPSA) is 62.1 Å². The first kappa shape index (κ1) is 12.4. The third-order valence-electron chi connectivity index (χ3n) is 2.68. The van der Waals surface area contributed by atoms with Gasteiger partial charge in [0.1, 0.15) is 23.2 Å². The highest BCUT2D eigenvalue weighted by atomic mass is 19.1. The molecule has 18 heavy (non-hydrogen) atoms. The molecule has 4 nitrogen and oxygen atoms in total. The largest absolute Gasteiger partial charge is 0.479 e. The van der Waals surface area contributed by atoms with Crippen LogP contribution in [0.1, 0.15) is 25.3 Å². The average molecular weight is 248 g/mol. The predicted molar refractivity (Wildman–Crippen MR) is 62.4 cm³/mol. The summed E-state index contributed by atoms with van der Waals surface area (Å²) in [4.78, 5) is 11.7. The Bertz CT molecular complexity index is 506. The fourth-order valence-electron chi connectivity index (χ4n) is 1.50. The van der Waals surface area contributed by atoms with E-state index in [4.69, 9.17) is 10.00 Å². The number of nitriles is 1. The molecule has 1 aromatic carbocycles. The van der Waals surface area contributed by atoms with E-state index in [1.807, 2.05) is 0 Å². The Kier molecular flexibility index (Phi) is 3.47. The molecule has 1 fully saturated rings. The summed E-state index contributed by atoms with van der Waals surface area (Å²) in [5.41, 5.74) is -0.177. The van der Waals surface area contributed by atoms with E-state index in [1.54, 1.807) is 13.0 Å². The third kappa shape index (κ3) is 2.77. The van der Waals surface area contributed by atoms with Crippen LogP contribution in [0.2, 0.25) is 0 Å². The van der Waals surface area contributed by atoms with Crippen LogP contribution in [0.5, 0.6) is 5.75 Å². The highest BCUT2D eigenvalue weighted by molar-refractivity contribution is 5.81. The second kappa shape index (κ2) is 5.05. The summed E-state index contributed by atoms with van der Waals surface area (Å²) in [5.74, 6) is -0.800. The Morgan fingerprint density at radius 3 is 2.94 bits per heavy atom. The van der Waals surface area contributed by atoms with Crippen molar-refractivity contribution < 1.29 is 13.9 Å². The number of rotatable bonds is 4. The fourth-order valence-corrected chi connectivity index (χ4v) is 1.50. The molecule has 1 N–H and O–H groups in total. The van der Waals surface area contributed by atoms with E-state index in [0.717, 1.165) is 12.8 Å². The van der Waals surface area contributed by atoms with Crippen LogP contribution in [0.15, 0.2) is 18.2 Å². The van der Waals surface area contributed by atoms with Crippen molar-refractivity contribution in [3.63, 3.8) is 0 Å². The van der Waals surface area contributed by atoms with Crippen LogP contribution in [0.25, 0.3) is 0 Å². The van der Waals surface area contributed by atoms with Crippen molar-refractivity contribution in [2.45, 2.75) is 31.9 Å². The maximum atomic E-state index is 13.3.